The Balaban J connectivity index is 1.72. The second-order valence-electron chi connectivity index (χ2n) is 7.76. The number of hydrogen-bond donors (Lipinski definition) is 0. The Morgan fingerprint density at radius 2 is 1.79 bits per heavy atom. The smallest absolute Gasteiger partial charge is 0.190 e. The molecule has 0 radical (unpaired) electrons. The Morgan fingerprint density at radius 3 is 2.55 bits per heavy atom. The van der Waals surface area contributed by atoms with Crippen LogP contribution in [0.5, 0.6) is 0 Å². The van der Waals surface area contributed by atoms with Gasteiger partial charge in [0.05, 0.1) is 24.6 Å². The van der Waals surface area contributed by atoms with Crippen LogP contribution in [-0.4, -0.2) is 42.3 Å². The molecule has 0 saturated carbocycles. The second-order valence-corrected chi connectivity index (χ2v) is 8.60. The molecule has 1 aliphatic heterocycles. The van der Waals surface area contributed by atoms with E-state index in [1.54, 1.807) is 11.3 Å². The van der Waals surface area contributed by atoms with E-state index in [-0.39, 0.29) is 0 Å². The summed E-state index contributed by atoms with van der Waals surface area (Å²) >= 11 is 1.72. The van der Waals surface area contributed by atoms with Gasteiger partial charge in [-0.1, -0.05) is 24.3 Å². The number of hydrogen-bond acceptors (Lipinski definition) is 4. The van der Waals surface area contributed by atoms with Gasteiger partial charge in [-0.15, -0.1) is 11.3 Å². The quantitative estimate of drug-likeness (QED) is 0.613. The fourth-order valence-corrected chi connectivity index (χ4v) is 4.60. The number of morpholine rings is 1. The van der Waals surface area contributed by atoms with Crippen LogP contribution in [0.1, 0.15) is 16.7 Å². The topological polar surface area (TPSA) is 29.8 Å². The first-order chi connectivity index (χ1) is 14.1. The maximum absolute atomic E-state index is 5.50. The highest BCUT2D eigenvalue weighted by atomic mass is 32.1. The molecule has 0 bridgehead atoms. The molecule has 29 heavy (non-hydrogen) atoms. The summed E-state index contributed by atoms with van der Waals surface area (Å²) in [7, 11) is 0. The summed E-state index contributed by atoms with van der Waals surface area (Å²) in [4.78, 5) is 8.52. The molecular formula is C24H29N3OS. The van der Waals surface area contributed by atoms with E-state index in [0.29, 0.717) is 0 Å². The Bertz CT molecular complexity index is 1040. The minimum Gasteiger partial charge on any atom is -0.379 e. The number of aromatic nitrogens is 1. The second kappa shape index (κ2) is 9.08. The summed E-state index contributed by atoms with van der Waals surface area (Å²) < 4.78 is 7.88. The van der Waals surface area contributed by atoms with Gasteiger partial charge in [-0.2, -0.15) is 0 Å². The van der Waals surface area contributed by atoms with Crippen LogP contribution in [0.15, 0.2) is 52.8 Å². The lowest BCUT2D eigenvalue weighted by Crippen LogP contribution is -2.39. The third-order valence-corrected chi connectivity index (χ3v) is 6.43. The van der Waals surface area contributed by atoms with Gasteiger partial charge in [-0.25, -0.2) is 4.99 Å². The van der Waals surface area contributed by atoms with E-state index in [1.807, 2.05) is 0 Å². The standard InChI is InChI=1S/C24H29N3OS/c1-18-5-4-6-22(15-18)25-24-27(10-9-26-11-13-28-14-12-26)23(17-29-24)21-8-7-19(2)20(3)16-21/h4-8,15-17H,9-14H2,1-3H3. The first-order valence-electron chi connectivity index (χ1n) is 10.3. The van der Waals surface area contributed by atoms with E-state index in [1.165, 1.54) is 27.9 Å². The van der Waals surface area contributed by atoms with Crippen molar-refractivity contribution in [3.05, 3.63) is 69.3 Å². The van der Waals surface area contributed by atoms with Crippen molar-refractivity contribution in [1.82, 2.24) is 9.47 Å². The summed E-state index contributed by atoms with van der Waals surface area (Å²) in [5.41, 5.74) is 7.41. The van der Waals surface area contributed by atoms with Crippen molar-refractivity contribution in [2.75, 3.05) is 32.8 Å². The summed E-state index contributed by atoms with van der Waals surface area (Å²) in [5.74, 6) is 0. The van der Waals surface area contributed by atoms with Crippen LogP contribution in [0.4, 0.5) is 5.69 Å². The predicted octanol–water partition coefficient (Wildman–Crippen LogP) is 4.71. The summed E-state index contributed by atoms with van der Waals surface area (Å²) in [6, 6.07) is 15.1. The molecule has 4 nitrogen and oxygen atoms in total. The number of rotatable bonds is 5. The van der Waals surface area contributed by atoms with Gasteiger partial charge in [0, 0.05) is 31.6 Å². The number of nitrogens with zero attached hydrogens (tertiary/aromatic N) is 3. The van der Waals surface area contributed by atoms with Gasteiger partial charge in [0.1, 0.15) is 0 Å². The van der Waals surface area contributed by atoms with E-state index < -0.39 is 0 Å². The van der Waals surface area contributed by atoms with E-state index in [2.05, 4.69) is 78.1 Å². The molecule has 0 unspecified atom stereocenters. The highest BCUT2D eigenvalue weighted by Gasteiger charge is 2.13. The maximum atomic E-state index is 5.50. The van der Waals surface area contributed by atoms with Crippen molar-refractivity contribution in [1.29, 1.82) is 0 Å². The van der Waals surface area contributed by atoms with Crippen molar-refractivity contribution in [3.8, 4) is 11.3 Å². The van der Waals surface area contributed by atoms with Crippen molar-refractivity contribution < 1.29 is 4.74 Å². The molecule has 0 N–H and O–H groups in total. The molecule has 0 atom stereocenters. The van der Waals surface area contributed by atoms with E-state index >= 15 is 0 Å². The highest BCUT2D eigenvalue weighted by Crippen LogP contribution is 2.24. The van der Waals surface area contributed by atoms with Crippen molar-refractivity contribution in [3.63, 3.8) is 0 Å². The lowest BCUT2D eigenvalue weighted by atomic mass is 10.0. The average Bonchev–Trinajstić information content (AvgIpc) is 3.11. The molecule has 1 aliphatic rings. The molecular weight excluding hydrogens is 378 g/mol. The lowest BCUT2D eigenvalue weighted by molar-refractivity contribution is 0.0363. The van der Waals surface area contributed by atoms with Crippen molar-refractivity contribution in [2.45, 2.75) is 27.3 Å². The molecule has 5 heteroatoms. The van der Waals surface area contributed by atoms with Crippen LogP contribution in [0, 0.1) is 20.8 Å². The fraction of sp³-hybridized carbons (Fsp3) is 0.375. The third-order valence-electron chi connectivity index (χ3n) is 5.57. The minimum absolute atomic E-state index is 0.832. The van der Waals surface area contributed by atoms with Gasteiger partial charge in [0.2, 0.25) is 0 Å². The van der Waals surface area contributed by atoms with Gasteiger partial charge in [-0.3, -0.25) is 4.90 Å². The predicted molar refractivity (Wildman–Crippen MR) is 121 cm³/mol. The number of aryl methyl sites for hydroxylation is 3. The minimum atomic E-state index is 0.832. The molecule has 0 aliphatic carbocycles. The summed E-state index contributed by atoms with van der Waals surface area (Å²) in [6.45, 7) is 12.1. The third kappa shape index (κ3) is 4.86. The maximum Gasteiger partial charge on any atom is 0.190 e. The van der Waals surface area contributed by atoms with Crippen LogP contribution in [0.25, 0.3) is 11.3 Å². The summed E-state index contributed by atoms with van der Waals surface area (Å²) in [6.07, 6.45) is 0. The molecule has 0 spiro atoms. The van der Waals surface area contributed by atoms with Gasteiger partial charge in [0.15, 0.2) is 4.80 Å². The Kier molecular flexibility index (Phi) is 6.28. The zero-order valence-corrected chi connectivity index (χ0v) is 18.3. The lowest BCUT2D eigenvalue weighted by Gasteiger charge is -2.26. The molecule has 2 aromatic carbocycles. The average molecular weight is 408 g/mol. The molecule has 1 aromatic heterocycles. The monoisotopic (exact) mass is 407 g/mol. The normalized spacial score (nSPS) is 15.8. The molecule has 152 valence electrons. The van der Waals surface area contributed by atoms with Crippen LogP contribution < -0.4 is 4.80 Å². The highest BCUT2D eigenvalue weighted by molar-refractivity contribution is 7.07. The summed E-state index contributed by atoms with van der Waals surface area (Å²) in [5, 5.41) is 2.25. The molecule has 2 heterocycles. The zero-order valence-electron chi connectivity index (χ0n) is 17.5. The van der Waals surface area contributed by atoms with Gasteiger partial charge >= 0.3 is 0 Å². The molecule has 0 amide bonds. The van der Waals surface area contributed by atoms with E-state index in [0.717, 1.165) is 49.9 Å². The van der Waals surface area contributed by atoms with E-state index in [9.17, 15) is 0 Å². The molecule has 1 saturated heterocycles. The first-order valence-corrected chi connectivity index (χ1v) is 11.2. The molecule has 4 rings (SSSR count). The van der Waals surface area contributed by atoms with Crippen LogP contribution >= 0.6 is 11.3 Å². The van der Waals surface area contributed by atoms with Crippen LogP contribution in [0.2, 0.25) is 0 Å². The van der Waals surface area contributed by atoms with Crippen LogP contribution in [-0.2, 0) is 11.3 Å². The Morgan fingerprint density at radius 1 is 0.966 bits per heavy atom. The number of thiazole rings is 1. The number of benzene rings is 2. The largest absolute Gasteiger partial charge is 0.379 e. The zero-order chi connectivity index (χ0) is 20.2. The Labute approximate surface area is 177 Å². The van der Waals surface area contributed by atoms with Crippen LogP contribution in [0.3, 0.4) is 0 Å². The number of ether oxygens (including phenoxy) is 1. The van der Waals surface area contributed by atoms with Gasteiger partial charge in [-0.05, 0) is 61.2 Å². The fourth-order valence-electron chi connectivity index (χ4n) is 3.64. The first kappa shape index (κ1) is 20.1. The Hall–Kier alpha value is -2.21. The van der Waals surface area contributed by atoms with Crippen molar-refractivity contribution in [2.24, 2.45) is 4.99 Å². The van der Waals surface area contributed by atoms with E-state index in [4.69, 9.17) is 9.73 Å². The molecule has 1 fully saturated rings. The SMILES string of the molecule is Cc1cccc(N=c2scc(-c3ccc(C)c(C)c3)n2CCN2CCOCC2)c1. The van der Waals surface area contributed by atoms with Gasteiger partial charge in [0.25, 0.3) is 0 Å². The van der Waals surface area contributed by atoms with Crippen molar-refractivity contribution >= 4 is 17.0 Å². The molecule has 3 aromatic rings. The van der Waals surface area contributed by atoms with Gasteiger partial charge < -0.3 is 9.30 Å².